The van der Waals surface area contributed by atoms with Crippen LogP contribution in [0.4, 0.5) is 5.69 Å². The Balaban J connectivity index is 1.88. The molecule has 3 rings (SSSR count). The first-order valence-electron chi connectivity index (χ1n) is 10.9. The number of hydrogen-bond acceptors (Lipinski definition) is 5. The van der Waals surface area contributed by atoms with E-state index in [1.54, 1.807) is 14.2 Å². The van der Waals surface area contributed by atoms with Crippen molar-refractivity contribution in [2.24, 2.45) is 0 Å². The Morgan fingerprint density at radius 2 is 1.74 bits per heavy atom. The highest BCUT2D eigenvalue weighted by Gasteiger charge is 2.31. The summed E-state index contributed by atoms with van der Waals surface area (Å²) in [7, 11) is 3.38. The standard InChI is InChI=1S/C25H34N2O4/c1-19-10-11-23(26(12-14-29-3)13-15-30-4)22(16-19)25(28)27-17-20(2)31-24(18-27)21-8-6-5-7-9-21/h5-11,16,20,24H,12-15,17-18H2,1-4H3. The summed E-state index contributed by atoms with van der Waals surface area (Å²) in [5.74, 6) is 0.0367. The maximum Gasteiger partial charge on any atom is 0.256 e. The van der Waals surface area contributed by atoms with Crippen molar-refractivity contribution in [3.63, 3.8) is 0 Å². The van der Waals surface area contributed by atoms with Crippen molar-refractivity contribution in [2.75, 3.05) is 58.5 Å². The molecule has 1 amide bonds. The molecule has 1 heterocycles. The average molecular weight is 427 g/mol. The highest BCUT2D eigenvalue weighted by Crippen LogP contribution is 2.29. The second-order valence-corrected chi connectivity index (χ2v) is 8.05. The fourth-order valence-corrected chi connectivity index (χ4v) is 3.99. The van der Waals surface area contributed by atoms with Gasteiger partial charge < -0.3 is 24.0 Å². The fraction of sp³-hybridized carbons (Fsp3) is 0.480. The van der Waals surface area contributed by atoms with Crippen LogP contribution in [0.2, 0.25) is 0 Å². The largest absolute Gasteiger partial charge is 0.383 e. The van der Waals surface area contributed by atoms with E-state index in [-0.39, 0.29) is 18.1 Å². The minimum absolute atomic E-state index is 0.0331. The van der Waals surface area contributed by atoms with Gasteiger partial charge in [0.05, 0.1) is 31.4 Å². The van der Waals surface area contributed by atoms with Crippen LogP contribution < -0.4 is 4.90 Å². The number of anilines is 1. The van der Waals surface area contributed by atoms with E-state index in [2.05, 4.69) is 17.0 Å². The summed E-state index contributed by atoms with van der Waals surface area (Å²) in [6.45, 7) is 7.69. The Kier molecular flexibility index (Phi) is 8.46. The summed E-state index contributed by atoms with van der Waals surface area (Å²) in [6, 6.07) is 16.2. The van der Waals surface area contributed by atoms with Crippen molar-refractivity contribution in [2.45, 2.75) is 26.1 Å². The molecule has 0 radical (unpaired) electrons. The lowest BCUT2D eigenvalue weighted by Crippen LogP contribution is -2.46. The van der Waals surface area contributed by atoms with Crippen LogP contribution in [0.5, 0.6) is 0 Å². The Labute approximate surface area is 185 Å². The van der Waals surface area contributed by atoms with Gasteiger partial charge in [0.25, 0.3) is 5.91 Å². The van der Waals surface area contributed by atoms with Crippen molar-refractivity contribution >= 4 is 11.6 Å². The van der Waals surface area contributed by atoms with Gasteiger partial charge in [-0.2, -0.15) is 0 Å². The number of benzene rings is 2. The molecule has 1 aliphatic heterocycles. The molecular formula is C25H34N2O4. The minimum Gasteiger partial charge on any atom is -0.383 e. The number of amides is 1. The average Bonchev–Trinajstić information content (AvgIpc) is 2.79. The molecule has 6 heteroatoms. The summed E-state index contributed by atoms with van der Waals surface area (Å²) in [4.78, 5) is 17.8. The minimum atomic E-state index is -0.125. The summed E-state index contributed by atoms with van der Waals surface area (Å²) in [5, 5.41) is 0. The lowest BCUT2D eigenvalue weighted by Gasteiger charge is -2.38. The van der Waals surface area contributed by atoms with Gasteiger partial charge in [0, 0.05) is 39.5 Å². The molecule has 0 bridgehead atoms. The molecule has 0 spiro atoms. The molecule has 2 unspecified atom stereocenters. The van der Waals surface area contributed by atoms with E-state index in [0.717, 1.165) is 16.8 Å². The van der Waals surface area contributed by atoms with Crippen molar-refractivity contribution in [3.8, 4) is 0 Å². The number of methoxy groups -OCH3 is 2. The number of aryl methyl sites for hydroxylation is 1. The Morgan fingerprint density at radius 1 is 1.06 bits per heavy atom. The van der Waals surface area contributed by atoms with Crippen LogP contribution >= 0.6 is 0 Å². The molecular weight excluding hydrogens is 392 g/mol. The van der Waals surface area contributed by atoms with Gasteiger partial charge in [-0.3, -0.25) is 4.79 Å². The van der Waals surface area contributed by atoms with Gasteiger partial charge in [-0.15, -0.1) is 0 Å². The summed E-state index contributed by atoms with van der Waals surface area (Å²) >= 11 is 0. The number of nitrogens with zero attached hydrogens (tertiary/aromatic N) is 2. The predicted molar refractivity (Wildman–Crippen MR) is 123 cm³/mol. The van der Waals surface area contributed by atoms with Gasteiger partial charge in [0.1, 0.15) is 6.10 Å². The number of carbonyl (C=O) groups is 1. The molecule has 2 aromatic rings. The van der Waals surface area contributed by atoms with Gasteiger partial charge in [-0.1, -0.05) is 42.0 Å². The molecule has 0 aromatic heterocycles. The van der Waals surface area contributed by atoms with Crippen LogP contribution in [0.3, 0.4) is 0 Å². The third-order valence-corrected chi connectivity index (χ3v) is 5.57. The first kappa shape index (κ1) is 23.3. The van der Waals surface area contributed by atoms with E-state index in [0.29, 0.717) is 45.0 Å². The van der Waals surface area contributed by atoms with Crippen LogP contribution in [0, 0.1) is 6.92 Å². The molecule has 1 saturated heterocycles. The number of ether oxygens (including phenoxy) is 3. The van der Waals surface area contributed by atoms with Gasteiger partial charge in [-0.05, 0) is 31.5 Å². The zero-order valence-corrected chi connectivity index (χ0v) is 19.0. The van der Waals surface area contributed by atoms with E-state index in [1.165, 1.54) is 0 Å². The third kappa shape index (κ3) is 6.06. The fourth-order valence-electron chi connectivity index (χ4n) is 3.99. The Morgan fingerprint density at radius 3 is 2.39 bits per heavy atom. The number of rotatable bonds is 9. The van der Waals surface area contributed by atoms with Gasteiger partial charge in [0.2, 0.25) is 0 Å². The van der Waals surface area contributed by atoms with E-state index < -0.39 is 0 Å². The second kappa shape index (κ2) is 11.3. The van der Waals surface area contributed by atoms with Gasteiger partial charge in [-0.25, -0.2) is 0 Å². The maximum absolute atomic E-state index is 13.7. The molecule has 2 atom stereocenters. The molecule has 2 aromatic carbocycles. The zero-order chi connectivity index (χ0) is 22.2. The van der Waals surface area contributed by atoms with E-state index in [4.69, 9.17) is 14.2 Å². The smallest absolute Gasteiger partial charge is 0.256 e. The molecule has 0 N–H and O–H groups in total. The summed E-state index contributed by atoms with van der Waals surface area (Å²) in [5.41, 5.74) is 3.79. The number of hydrogen-bond donors (Lipinski definition) is 0. The van der Waals surface area contributed by atoms with Crippen molar-refractivity contribution in [1.29, 1.82) is 0 Å². The predicted octanol–water partition coefficient (Wildman–Crippen LogP) is 3.70. The monoisotopic (exact) mass is 426 g/mol. The van der Waals surface area contributed by atoms with Crippen LogP contribution in [0.25, 0.3) is 0 Å². The maximum atomic E-state index is 13.7. The molecule has 31 heavy (non-hydrogen) atoms. The second-order valence-electron chi connectivity index (χ2n) is 8.05. The molecule has 0 saturated carbocycles. The first-order valence-corrected chi connectivity index (χ1v) is 10.9. The number of morpholine rings is 1. The molecule has 6 nitrogen and oxygen atoms in total. The number of carbonyl (C=O) groups excluding carboxylic acids is 1. The molecule has 168 valence electrons. The van der Waals surface area contributed by atoms with E-state index in [9.17, 15) is 4.79 Å². The topological polar surface area (TPSA) is 51.2 Å². The molecule has 0 aliphatic carbocycles. The lowest BCUT2D eigenvalue weighted by molar-refractivity contribution is -0.0691. The normalized spacial score (nSPS) is 18.8. The molecule has 1 fully saturated rings. The highest BCUT2D eigenvalue weighted by atomic mass is 16.5. The van der Waals surface area contributed by atoms with E-state index >= 15 is 0 Å². The summed E-state index contributed by atoms with van der Waals surface area (Å²) < 4.78 is 16.8. The van der Waals surface area contributed by atoms with Crippen LogP contribution in [-0.2, 0) is 14.2 Å². The molecule has 1 aliphatic rings. The Bertz CT molecular complexity index is 835. The lowest BCUT2D eigenvalue weighted by atomic mass is 10.0. The quantitative estimate of drug-likeness (QED) is 0.612. The van der Waals surface area contributed by atoms with E-state index in [1.807, 2.05) is 55.1 Å². The van der Waals surface area contributed by atoms with Gasteiger partial charge >= 0.3 is 0 Å². The highest BCUT2D eigenvalue weighted by molar-refractivity contribution is 6.00. The SMILES string of the molecule is COCCN(CCOC)c1ccc(C)cc1C(=O)N1CC(C)OC(c2ccccc2)C1. The van der Waals surface area contributed by atoms with Crippen molar-refractivity contribution in [3.05, 3.63) is 65.2 Å². The zero-order valence-electron chi connectivity index (χ0n) is 19.0. The Hall–Kier alpha value is -2.41. The first-order chi connectivity index (χ1) is 15.0. The van der Waals surface area contributed by atoms with Crippen LogP contribution in [-0.4, -0.2) is 70.5 Å². The van der Waals surface area contributed by atoms with Gasteiger partial charge in [0.15, 0.2) is 0 Å². The third-order valence-electron chi connectivity index (χ3n) is 5.57. The van der Waals surface area contributed by atoms with Crippen LogP contribution in [0.15, 0.2) is 48.5 Å². The summed E-state index contributed by atoms with van der Waals surface area (Å²) in [6.07, 6.45) is -0.158. The van der Waals surface area contributed by atoms with Crippen LogP contribution in [0.1, 0.15) is 34.5 Å². The van der Waals surface area contributed by atoms with Crippen molar-refractivity contribution < 1.29 is 19.0 Å². The van der Waals surface area contributed by atoms with Crippen molar-refractivity contribution in [1.82, 2.24) is 4.90 Å².